The van der Waals surface area contributed by atoms with Gasteiger partial charge in [0.15, 0.2) is 0 Å². The first kappa shape index (κ1) is 17.8. The summed E-state index contributed by atoms with van der Waals surface area (Å²) < 4.78 is 5.14. The van der Waals surface area contributed by atoms with Crippen molar-refractivity contribution in [1.29, 1.82) is 0 Å². The normalized spacial score (nSPS) is 17.6. The largest absolute Gasteiger partial charge is 0.383 e. The van der Waals surface area contributed by atoms with Gasteiger partial charge in [-0.1, -0.05) is 41.7 Å². The first-order chi connectivity index (χ1) is 12.3. The van der Waals surface area contributed by atoms with Gasteiger partial charge in [0.25, 0.3) is 0 Å². The highest BCUT2D eigenvalue weighted by atomic mass is 32.1. The van der Waals surface area contributed by atoms with Crippen LogP contribution >= 0.6 is 11.3 Å². The molecule has 1 atom stereocenters. The van der Waals surface area contributed by atoms with Crippen LogP contribution < -0.4 is 10.6 Å². The van der Waals surface area contributed by atoms with Gasteiger partial charge in [-0.05, 0) is 19.4 Å². The number of benzene rings is 1. The SMILES string of the molecule is COCCN1CCCC1CNC(=O)Nc1nnc(-c2ccccc2)s1. The Balaban J connectivity index is 1.47. The maximum absolute atomic E-state index is 12.1. The molecule has 0 radical (unpaired) electrons. The fourth-order valence-corrected chi connectivity index (χ4v) is 3.70. The van der Waals surface area contributed by atoms with E-state index in [0.29, 0.717) is 17.7 Å². The lowest BCUT2D eigenvalue weighted by atomic mass is 10.2. The molecular formula is C17H23N5O2S. The number of carbonyl (C=O) groups is 1. The van der Waals surface area contributed by atoms with Crippen molar-refractivity contribution in [1.82, 2.24) is 20.4 Å². The van der Waals surface area contributed by atoms with Crippen molar-refractivity contribution in [2.45, 2.75) is 18.9 Å². The van der Waals surface area contributed by atoms with Crippen LogP contribution in [0.25, 0.3) is 10.6 Å². The summed E-state index contributed by atoms with van der Waals surface area (Å²) in [6.07, 6.45) is 2.26. The molecule has 1 aliphatic heterocycles. The van der Waals surface area contributed by atoms with E-state index in [1.807, 2.05) is 30.3 Å². The summed E-state index contributed by atoms with van der Waals surface area (Å²) >= 11 is 1.36. The number of nitrogens with zero attached hydrogens (tertiary/aromatic N) is 3. The van der Waals surface area contributed by atoms with Gasteiger partial charge in [0.05, 0.1) is 6.61 Å². The molecule has 7 nitrogen and oxygen atoms in total. The van der Waals surface area contributed by atoms with Gasteiger partial charge in [0.1, 0.15) is 5.01 Å². The first-order valence-corrected chi connectivity index (χ1v) is 9.24. The number of aromatic nitrogens is 2. The number of rotatable bonds is 7. The average molecular weight is 361 g/mol. The van der Waals surface area contributed by atoms with Crippen molar-refractivity contribution >= 4 is 22.5 Å². The standard InChI is InChI=1S/C17H23N5O2S/c1-24-11-10-22-9-5-8-14(22)12-18-16(23)19-17-21-20-15(25-17)13-6-3-2-4-7-13/h2-4,6-7,14H,5,8-12H2,1H3,(H2,18,19,21,23). The molecule has 3 rings (SSSR count). The van der Waals surface area contributed by atoms with Crippen LogP contribution in [0.15, 0.2) is 30.3 Å². The van der Waals surface area contributed by atoms with Gasteiger partial charge in [-0.15, -0.1) is 10.2 Å². The minimum Gasteiger partial charge on any atom is -0.383 e. The van der Waals surface area contributed by atoms with Crippen LogP contribution in [0.3, 0.4) is 0 Å². The maximum Gasteiger partial charge on any atom is 0.321 e. The Morgan fingerprint density at radius 3 is 3.00 bits per heavy atom. The monoisotopic (exact) mass is 361 g/mol. The van der Waals surface area contributed by atoms with Crippen molar-refractivity contribution < 1.29 is 9.53 Å². The Kier molecular flexibility index (Phi) is 6.32. The van der Waals surface area contributed by atoms with E-state index >= 15 is 0 Å². The molecule has 1 aliphatic rings. The van der Waals surface area contributed by atoms with E-state index in [9.17, 15) is 4.79 Å². The summed E-state index contributed by atoms with van der Waals surface area (Å²) in [7, 11) is 1.71. The third kappa shape index (κ3) is 4.97. The van der Waals surface area contributed by atoms with Gasteiger partial charge < -0.3 is 10.1 Å². The molecule has 1 aromatic carbocycles. The molecule has 0 spiro atoms. The van der Waals surface area contributed by atoms with Gasteiger partial charge >= 0.3 is 6.03 Å². The lowest BCUT2D eigenvalue weighted by Crippen LogP contribution is -2.42. The predicted molar refractivity (Wildman–Crippen MR) is 98.8 cm³/mol. The van der Waals surface area contributed by atoms with E-state index in [1.54, 1.807) is 7.11 Å². The number of hydrogen-bond acceptors (Lipinski definition) is 6. The predicted octanol–water partition coefficient (Wildman–Crippen LogP) is 2.44. The lowest BCUT2D eigenvalue weighted by Gasteiger charge is -2.24. The van der Waals surface area contributed by atoms with Crippen LogP contribution in [0, 0.1) is 0 Å². The molecule has 1 fully saturated rings. The molecule has 1 aromatic heterocycles. The summed E-state index contributed by atoms with van der Waals surface area (Å²) in [4.78, 5) is 14.5. The van der Waals surface area contributed by atoms with E-state index in [4.69, 9.17) is 4.74 Å². The molecule has 0 saturated carbocycles. The fraction of sp³-hybridized carbons (Fsp3) is 0.471. The number of ether oxygens (including phenoxy) is 1. The Hall–Kier alpha value is -2.03. The van der Waals surface area contributed by atoms with Gasteiger partial charge in [-0.3, -0.25) is 10.2 Å². The summed E-state index contributed by atoms with van der Waals surface area (Å²) in [5.41, 5.74) is 0.994. The molecule has 1 unspecified atom stereocenters. The maximum atomic E-state index is 12.1. The van der Waals surface area contributed by atoms with Gasteiger partial charge in [0, 0.05) is 31.8 Å². The zero-order chi connectivity index (χ0) is 17.5. The number of anilines is 1. The minimum atomic E-state index is -0.241. The second-order valence-corrected chi connectivity index (χ2v) is 6.92. The molecule has 25 heavy (non-hydrogen) atoms. The summed E-state index contributed by atoms with van der Waals surface area (Å²) in [6.45, 7) is 3.31. The molecule has 2 heterocycles. The first-order valence-electron chi connectivity index (χ1n) is 8.43. The zero-order valence-electron chi connectivity index (χ0n) is 14.3. The second-order valence-electron chi connectivity index (χ2n) is 5.94. The molecule has 0 bridgehead atoms. The van der Waals surface area contributed by atoms with Gasteiger partial charge in [0.2, 0.25) is 5.13 Å². The van der Waals surface area contributed by atoms with Crippen LogP contribution in [0.1, 0.15) is 12.8 Å². The minimum absolute atomic E-state index is 0.241. The van der Waals surface area contributed by atoms with Crippen LogP contribution in [-0.2, 0) is 4.74 Å². The van der Waals surface area contributed by atoms with Crippen molar-refractivity contribution in [3.8, 4) is 10.6 Å². The van der Waals surface area contributed by atoms with Crippen LogP contribution in [0.4, 0.5) is 9.93 Å². The summed E-state index contributed by atoms with van der Waals surface area (Å²) in [5, 5.41) is 15.2. The quantitative estimate of drug-likeness (QED) is 0.792. The van der Waals surface area contributed by atoms with Crippen LogP contribution in [0.5, 0.6) is 0 Å². The molecule has 134 valence electrons. The molecule has 8 heteroatoms. The van der Waals surface area contributed by atoms with E-state index < -0.39 is 0 Å². The smallest absolute Gasteiger partial charge is 0.321 e. The number of urea groups is 1. The molecular weight excluding hydrogens is 338 g/mol. The lowest BCUT2D eigenvalue weighted by molar-refractivity contribution is 0.140. The zero-order valence-corrected chi connectivity index (χ0v) is 15.1. The fourth-order valence-electron chi connectivity index (χ4n) is 2.95. The molecule has 1 saturated heterocycles. The van der Waals surface area contributed by atoms with E-state index in [2.05, 4.69) is 25.7 Å². The Morgan fingerprint density at radius 2 is 2.20 bits per heavy atom. The Morgan fingerprint density at radius 1 is 1.36 bits per heavy atom. The van der Waals surface area contributed by atoms with E-state index in [1.165, 1.54) is 11.3 Å². The third-order valence-electron chi connectivity index (χ3n) is 4.25. The van der Waals surface area contributed by atoms with Gasteiger partial charge in [-0.2, -0.15) is 0 Å². The van der Waals surface area contributed by atoms with Crippen molar-refractivity contribution in [2.24, 2.45) is 0 Å². The van der Waals surface area contributed by atoms with Crippen LogP contribution in [0.2, 0.25) is 0 Å². The van der Waals surface area contributed by atoms with Crippen molar-refractivity contribution in [2.75, 3.05) is 38.7 Å². The van der Waals surface area contributed by atoms with Crippen molar-refractivity contribution in [3.05, 3.63) is 30.3 Å². The number of nitrogens with one attached hydrogen (secondary N) is 2. The van der Waals surface area contributed by atoms with Gasteiger partial charge in [-0.25, -0.2) is 4.79 Å². The summed E-state index contributed by atoms with van der Waals surface area (Å²) in [6, 6.07) is 9.93. The molecule has 2 N–H and O–H groups in total. The Labute approximate surface area is 151 Å². The number of hydrogen-bond donors (Lipinski definition) is 2. The third-order valence-corrected chi connectivity index (χ3v) is 5.13. The number of carbonyl (C=O) groups excluding carboxylic acids is 1. The second kappa shape index (κ2) is 8.89. The molecule has 2 amide bonds. The number of methoxy groups -OCH3 is 1. The average Bonchev–Trinajstić information content (AvgIpc) is 3.28. The molecule has 0 aliphatic carbocycles. The van der Waals surface area contributed by atoms with Crippen molar-refractivity contribution in [3.63, 3.8) is 0 Å². The highest BCUT2D eigenvalue weighted by molar-refractivity contribution is 7.18. The number of likely N-dealkylation sites (tertiary alicyclic amines) is 1. The highest BCUT2D eigenvalue weighted by Gasteiger charge is 2.24. The van der Waals surface area contributed by atoms with Crippen LogP contribution in [-0.4, -0.2) is 60.5 Å². The summed E-state index contributed by atoms with van der Waals surface area (Å²) in [5.74, 6) is 0. The highest BCUT2D eigenvalue weighted by Crippen LogP contribution is 2.25. The Bertz CT molecular complexity index is 679. The van der Waals surface area contributed by atoms with E-state index in [0.717, 1.165) is 43.1 Å². The molecule has 2 aromatic rings. The number of amides is 2. The topological polar surface area (TPSA) is 79.4 Å². The van der Waals surface area contributed by atoms with E-state index in [-0.39, 0.29) is 6.03 Å².